The fourth-order valence-corrected chi connectivity index (χ4v) is 4.91. The summed E-state index contributed by atoms with van der Waals surface area (Å²) in [6, 6.07) is 21.1. The van der Waals surface area contributed by atoms with Gasteiger partial charge in [-0.25, -0.2) is 18.1 Å². The van der Waals surface area contributed by atoms with Crippen LogP contribution in [-0.4, -0.2) is 19.9 Å². The zero-order chi connectivity index (χ0) is 19.6. The van der Waals surface area contributed by atoms with Crippen LogP contribution in [0.25, 0.3) is 21.3 Å². The maximum Gasteiger partial charge on any atom is 0.240 e. The Labute approximate surface area is 168 Å². The fourth-order valence-electron chi connectivity index (χ4n) is 2.98. The molecule has 0 aliphatic carbocycles. The number of sulfonamides is 1. The summed E-state index contributed by atoms with van der Waals surface area (Å²) in [7, 11) is -3.55. The van der Waals surface area contributed by atoms with Gasteiger partial charge in [0.15, 0.2) is 0 Å². The van der Waals surface area contributed by atoms with E-state index < -0.39 is 10.0 Å². The minimum Gasteiger partial charge on any atom is -0.241 e. The van der Waals surface area contributed by atoms with Crippen molar-refractivity contribution in [1.82, 2.24) is 9.71 Å². The van der Waals surface area contributed by atoms with Crippen molar-refractivity contribution < 1.29 is 8.42 Å². The summed E-state index contributed by atoms with van der Waals surface area (Å²) in [5.41, 5.74) is 3.18. The molecule has 0 fully saturated rings. The van der Waals surface area contributed by atoms with Crippen molar-refractivity contribution >= 4 is 32.1 Å². The second kappa shape index (κ2) is 7.83. The van der Waals surface area contributed by atoms with E-state index in [9.17, 15) is 8.42 Å². The molecule has 0 bridgehead atoms. The van der Waals surface area contributed by atoms with Gasteiger partial charge in [-0.2, -0.15) is 0 Å². The van der Waals surface area contributed by atoms with Crippen LogP contribution in [0.4, 0.5) is 0 Å². The minimum atomic E-state index is -3.55. The molecule has 0 saturated heterocycles. The van der Waals surface area contributed by atoms with E-state index in [2.05, 4.69) is 40.9 Å². The number of fused-ring (bicyclic) bond motifs is 1. The maximum atomic E-state index is 12.6. The Kier molecular flexibility index (Phi) is 5.26. The number of rotatable bonds is 6. The number of aromatic nitrogens is 1. The first-order valence-corrected chi connectivity index (χ1v) is 11.4. The lowest BCUT2D eigenvalue weighted by molar-refractivity contribution is 0.581. The molecule has 3 aromatic carbocycles. The lowest BCUT2D eigenvalue weighted by atomic mass is 10.1. The van der Waals surface area contributed by atoms with Gasteiger partial charge in [-0.05, 0) is 29.8 Å². The highest BCUT2D eigenvalue weighted by atomic mass is 32.2. The SMILES string of the molecule is Cc1ccc(-c2nc(CCNS(=O)(=O)c3ccc4ccccc4c3)cs2)cc1. The van der Waals surface area contributed by atoms with E-state index in [4.69, 9.17) is 0 Å². The molecule has 0 saturated carbocycles. The van der Waals surface area contributed by atoms with Gasteiger partial charge in [0, 0.05) is 23.9 Å². The highest BCUT2D eigenvalue weighted by molar-refractivity contribution is 7.89. The van der Waals surface area contributed by atoms with Crippen molar-refractivity contribution in [2.75, 3.05) is 6.54 Å². The summed E-state index contributed by atoms with van der Waals surface area (Å²) in [6.07, 6.45) is 0.551. The van der Waals surface area contributed by atoms with Gasteiger partial charge in [-0.15, -0.1) is 11.3 Å². The minimum absolute atomic E-state index is 0.282. The largest absolute Gasteiger partial charge is 0.241 e. The third-order valence-corrected chi connectivity index (χ3v) is 6.95. The van der Waals surface area contributed by atoms with E-state index in [0.717, 1.165) is 27.0 Å². The van der Waals surface area contributed by atoms with Gasteiger partial charge >= 0.3 is 0 Å². The summed E-state index contributed by atoms with van der Waals surface area (Å²) in [5.74, 6) is 0. The summed E-state index contributed by atoms with van der Waals surface area (Å²) in [6.45, 7) is 2.37. The van der Waals surface area contributed by atoms with Crippen molar-refractivity contribution in [3.05, 3.63) is 83.4 Å². The van der Waals surface area contributed by atoms with Crippen LogP contribution in [-0.2, 0) is 16.4 Å². The lowest BCUT2D eigenvalue weighted by Gasteiger charge is -2.07. The van der Waals surface area contributed by atoms with Crippen molar-refractivity contribution in [3.8, 4) is 10.6 Å². The molecule has 6 heteroatoms. The first-order chi connectivity index (χ1) is 13.5. The molecule has 0 radical (unpaired) electrons. The van der Waals surface area contributed by atoms with E-state index in [1.807, 2.05) is 35.7 Å². The molecule has 0 spiro atoms. The van der Waals surface area contributed by atoms with Crippen LogP contribution in [0.1, 0.15) is 11.3 Å². The third-order valence-electron chi connectivity index (χ3n) is 4.55. The number of thiazole rings is 1. The monoisotopic (exact) mass is 408 g/mol. The molecule has 28 heavy (non-hydrogen) atoms. The molecule has 1 N–H and O–H groups in total. The van der Waals surface area contributed by atoms with Crippen molar-refractivity contribution in [1.29, 1.82) is 0 Å². The smallest absolute Gasteiger partial charge is 0.240 e. The van der Waals surface area contributed by atoms with Crippen LogP contribution in [0, 0.1) is 6.92 Å². The molecule has 0 aliphatic heterocycles. The highest BCUT2D eigenvalue weighted by Crippen LogP contribution is 2.24. The van der Waals surface area contributed by atoms with Crippen molar-refractivity contribution in [2.24, 2.45) is 0 Å². The molecule has 4 aromatic rings. The Morgan fingerprint density at radius 2 is 1.71 bits per heavy atom. The Hall–Kier alpha value is -2.54. The predicted molar refractivity (Wildman–Crippen MR) is 115 cm³/mol. The van der Waals surface area contributed by atoms with Gasteiger partial charge in [0.05, 0.1) is 10.6 Å². The first-order valence-electron chi connectivity index (χ1n) is 9.01. The third kappa shape index (κ3) is 4.14. The zero-order valence-electron chi connectivity index (χ0n) is 15.4. The molecule has 0 aliphatic rings. The highest BCUT2D eigenvalue weighted by Gasteiger charge is 2.14. The number of aryl methyl sites for hydroxylation is 1. The van der Waals surface area contributed by atoms with Crippen molar-refractivity contribution in [2.45, 2.75) is 18.2 Å². The number of nitrogens with zero attached hydrogens (tertiary/aromatic N) is 1. The Morgan fingerprint density at radius 3 is 2.50 bits per heavy atom. The molecular weight excluding hydrogens is 388 g/mol. The van der Waals surface area contributed by atoms with Gasteiger partial charge in [0.25, 0.3) is 0 Å². The molecular formula is C22H20N2O2S2. The molecule has 0 amide bonds. The topological polar surface area (TPSA) is 59.1 Å². The molecule has 4 rings (SSSR count). The van der Waals surface area contributed by atoms with Crippen LogP contribution >= 0.6 is 11.3 Å². The molecule has 0 atom stereocenters. The number of hydrogen-bond acceptors (Lipinski definition) is 4. The number of benzene rings is 3. The van der Waals surface area contributed by atoms with E-state index in [1.54, 1.807) is 23.5 Å². The normalized spacial score (nSPS) is 11.8. The first kappa shape index (κ1) is 18.8. The van der Waals surface area contributed by atoms with E-state index in [-0.39, 0.29) is 4.90 Å². The summed E-state index contributed by atoms with van der Waals surface area (Å²) in [5, 5.41) is 4.87. The van der Waals surface area contributed by atoms with Gasteiger partial charge in [-0.3, -0.25) is 0 Å². The summed E-state index contributed by atoms with van der Waals surface area (Å²) >= 11 is 1.58. The van der Waals surface area contributed by atoms with Crippen LogP contribution in [0.5, 0.6) is 0 Å². The quantitative estimate of drug-likeness (QED) is 0.499. The predicted octanol–water partition coefficient (Wildman–Crippen LogP) is 4.79. The van der Waals surface area contributed by atoms with Crippen LogP contribution in [0.2, 0.25) is 0 Å². The van der Waals surface area contributed by atoms with Crippen LogP contribution < -0.4 is 4.72 Å². The second-order valence-corrected chi connectivity index (χ2v) is 9.29. The van der Waals surface area contributed by atoms with Crippen molar-refractivity contribution in [3.63, 3.8) is 0 Å². The standard InChI is InChI=1S/C22H20N2O2S2/c1-16-6-8-18(9-7-16)22-24-20(15-27-22)12-13-23-28(25,26)21-11-10-17-4-2-3-5-19(17)14-21/h2-11,14-15,23H,12-13H2,1H3. The summed E-state index contributed by atoms with van der Waals surface area (Å²) < 4.78 is 27.9. The van der Waals surface area contributed by atoms with Gasteiger partial charge in [0.2, 0.25) is 10.0 Å². The maximum absolute atomic E-state index is 12.6. The van der Waals surface area contributed by atoms with Gasteiger partial charge in [-0.1, -0.05) is 60.2 Å². The Balaban J connectivity index is 1.42. The Morgan fingerprint density at radius 1 is 0.964 bits per heavy atom. The molecule has 0 unspecified atom stereocenters. The number of nitrogens with one attached hydrogen (secondary N) is 1. The molecule has 1 heterocycles. The summed E-state index contributed by atoms with van der Waals surface area (Å²) in [4.78, 5) is 4.91. The van der Waals surface area contributed by atoms with Gasteiger partial charge in [0.1, 0.15) is 5.01 Å². The molecule has 1 aromatic heterocycles. The molecule has 4 nitrogen and oxygen atoms in total. The van der Waals surface area contributed by atoms with E-state index in [1.165, 1.54) is 5.56 Å². The number of hydrogen-bond donors (Lipinski definition) is 1. The average Bonchev–Trinajstić information content (AvgIpc) is 3.17. The van der Waals surface area contributed by atoms with Gasteiger partial charge < -0.3 is 0 Å². The second-order valence-electron chi connectivity index (χ2n) is 6.67. The fraction of sp³-hybridized carbons (Fsp3) is 0.136. The van der Waals surface area contributed by atoms with E-state index in [0.29, 0.717) is 13.0 Å². The van der Waals surface area contributed by atoms with E-state index >= 15 is 0 Å². The Bertz CT molecular complexity index is 1210. The van der Waals surface area contributed by atoms with Crippen LogP contribution in [0.15, 0.2) is 77.0 Å². The molecule has 142 valence electrons. The lowest BCUT2D eigenvalue weighted by Crippen LogP contribution is -2.26. The average molecular weight is 409 g/mol. The van der Waals surface area contributed by atoms with Crippen LogP contribution in [0.3, 0.4) is 0 Å². The zero-order valence-corrected chi connectivity index (χ0v) is 17.1.